The number of fused-ring (bicyclic) bond motifs is 1. The van der Waals surface area contributed by atoms with Gasteiger partial charge in [-0.2, -0.15) is 5.10 Å². The Kier molecular flexibility index (Phi) is 4.51. The van der Waals surface area contributed by atoms with Crippen LogP contribution >= 0.6 is 11.6 Å². The molecule has 1 aromatic carbocycles. The van der Waals surface area contributed by atoms with Crippen LogP contribution in [-0.2, 0) is 19.1 Å². The molecule has 2 aromatic rings. The van der Waals surface area contributed by atoms with E-state index in [1.807, 2.05) is 18.2 Å². The van der Waals surface area contributed by atoms with Gasteiger partial charge in [-0.3, -0.25) is 4.68 Å². The number of aliphatic hydroxyl groups is 1. The average Bonchev–Trinajstić information content (AvgIpc) is 3.14. The smallest absolute Gasteiger partial charge is 0.315 e. The zero-order valence-electron chi connectivity index (χ0n) is 13.7. The zero-order valence-corrected chi connectivity index (χ0v) is 14.5. The number of urea groups is 1. The second-order valence-electron chi connectivity index (χ2n) is 6.40. The number of rotatable bonds is 4. The molecule has 128 valence electrons. The first-order valence-electron chi connectivity index (χ1n) is 7.90. The maximum Gasteiger partial charge on any atom is 0.315 e. The van der Waals surface area contributed by atoms with E-state index in [1.165, 1.54) is 0 Å². The highest BCUT2D eigenvalue weighted by Crippen LogP contribution is 2.35. The monoisotopic (exact) mass is 348 g/mol. The van der Waals surface area contributed by atoms with Crippen molar-refractivity contribution in [1.29, 1.82) is 0 Å². The summed E-state index contributed by atoms with van der Waals surface area (Å²) in [5, 5.41) is 21.0. The minimum Gasteiger partial charge on any atom is -0.383 e. The van der Waals surface area contributed by atoms with E-state index >= 15 is 0 Å². The Labute approximate surface area is 145 Å². The van der Waals surface area contributed by atoms with Crippen molar-refractivity contribution in [2.45, 2.75) is 31.4 Å². The third kappa shape index (κ3) is 3.39. The van der Waals surface area contributed by atoms with Crippen LogP contribution in [0.3, 0.4) is 0 Å². The molecule has 0 radical (unpaired) electrons. The van der Waals surface area contributed by atoms with Gasteiger partial charge >= 0.3 is 6.03 Å². The maximum absolute atomic E-state index is 12.2. The molecule has 1 aliphatic carbocycles. The van der Waals surface area contributed by atoms with Crippen molar-refractivity contribution in [2.75, 3.05) is 6.54 Å². The summed E-state index contributed by atoms with van der Waals surface area (Å²) in [7, 11) is 1.78. The van der Waals surface area contributed by atoms with Crippen molar-refractivity contribution >= 4 is 17.6 Å². The second-order valence-corrected chi connectivity index (χ2v) is 6.81. The van der Waals surface area contributed by atoms with E-state index < -0.39 is 5.60 Å². The van der Waals surface area contributed by atoms with Gasteiger partial charge in [0.2, 0.25) is 0 Å². The number of carbonyl (C=O) groups excluding carboxylic acids is 1. The molecule has 24 heavy (non-hydrogen) atoms. The van der Waals surface area contributed by atoms with Crippen LogP contribution in [0.4, 0.5) is 4.79 Å². The molecule has 2 atom stereocenters. The lowest BCUT2D eigenvalue weighted by Crippen LogP contribution is -2.44. The van der Waals surface area contributed by atoms with Crippen LogP contribution in [0.2, 0.25) is 5.02 Å². The first-order valence-corrected chi connectivity index (χ1v) is 8.28. The van der Waals surface area contributed by atoms with Crippen molar-refractivity contribution in [3.05, 3.63) is 52.3 Å². The Balaban J connectivity index is 1.59. The van der Waals surface area contributed by atoms with E-state index in [9.17, 15) is 9.90 Å². The largest absolute Gasteiger partial charge is 0.383 e. The number of benzene rings is 1. The second kappa shape index (κ2) is 6.45. The summed E-state index contributed by atoms with van der Waals surface area (Å²) in [5.41, 5.74) is 1.65. The molecule has 3 N–H and O–H groups in total. The minimum absolute atomic E-state index is 0.0537. The van der Waals surface area contributed by atoms with Gasteiger partial charge in [-0.1, -0.05) is 23.7 Å². The van der Waals surface area contributed by atoms with E-state index in [4.69, 9.17) is 11.6 Å². The molecular weight excluding hydrogens is 328 g/mol. The molecule has 1 aromatic heterocycles. The van der Waals surface area contributed by atoms with Crippen LogP contribution in [0.15, 0.2) is 30.6 Å². The van der Waals surface area contributed by atoms with Gasteiger partial charge < -0.3 is 15.7 Å². The van der Waals surface area contributed by atoms with Crippen molar-refractivity contribution in [2.24, 2.45) is 7.05 Å². The van der Waals surface area contributed by atoms with E-state index in [1.54, 1.807) is 31.0 Å². The Morgan fingerprint density at radius 1 is 1.54 bits per heavy atom. The number of carbonyl (C=O) groups is 1. The summed E-state index contributed by atoms with van der Waals surface area (Å²) in [6.07, 6.45) is 5.00. The first-order chi connectivity index (χ1) is 11.4. The van der Waals surface area contributed by atoms with Crippen LogP contribution in [0.25, 0.3) is 0 Å². The number of amides is 2. The fourth-order valence-electron chi connectivity index (χ4n) is 3.02. The highest BCUT2D eigenvalue weighted by atomic mass is 35.5. The summed E-state index contributed by atoms with van der Waals surface area (Å²) in [6, 6.07) is 5.39. The molecule has 1 aliphatic rings. The normalized spacial score (nSPS) is 18.8. The Bertz CT molecular complexity index is 757. The van der Waals surface area contributed by atoms with Crippen molar-refractivity contribution in [3.8, 4) is 0 Å². The van der Waals surface area contributed by atoms with Gasteiger partial charge in [0.25, 0.3) is 0 Å². The number of aryl methyl sites for hydroxylation is 1. The lowest BCUT2D eigenvalue weighted by atomic mass is 10.00. The van der Waals surface area contributed by atoms with Crippen LogP contribution in [0.1, 0.15) is 36.1 Å². The van der Waals surface area contributed by atoms with E-state index in [0.29, 0.717) is 5.56 Å². The standard InChI is InChI=1S/C17H21ClN4O2/c1-17(24,11-8-20-22(2)9-11)10-19-16(23)21-15-7-6-12-13(15)4-3-5-14(12)18/h3-5,8-9,15,24H,6-7,10H2,1-2H3,(H2,19,21,23). The third-order valence-corrected chi connectivity index (χ3v) is 4.79. The van der Waals surface area contributed by atoms with Gasteiger partial charge in [-0.05, 0) is 37.0 Å². The maximum atomic E-state index is 12.2. The summed E-state index contributed by atoms with van der Waals surface area (Å²) in [5.74, 6) is 0. The van der Waals surface area contributed by atoms with Crippen molar-refractivity contribution in [1.82, 2.24) is 20.4 Å². The Hall–Kier alpha value is -2.05. The third-order valence-electron chi connectivity index (χ3n) is 4.44. The number of aromatic nitrogens is 2. The number of halogens is 1. The number of hydrogen-bond acceptors (Lipinski definition) is 3. The molecule has 1 heterocycles. The van der Waals surface area contributed by atoms with Gasteiger partial charge in [0, 0.05) is 23.8 Å². The number of nitrogens with zero attached hydrogens (tertiary/aromatic N) is 2. The van der Waals surface area contributed by atoms with Crippen LogP contribution < -0.4 is 10.6 Å². The summed E-state index contributed by atoms with van der Waals surface area (Å²) in [4.78, 5) is 12.2. The molecule has 0 spiro atoms. The van der Waals surface area contributed by atoms with Gasteiger partial charge in [-0.25, -0.2) is 4.79 Å². The van der Waals surface area contributed by atoms with E-state index in [2.05, 4.69) is 15.7 Å². The highest BCUT2D eigenvalue weighted by Gasteiger charge is 2.28. The first kappa shape index (κ1) is 16.8. The van der Waals surface area contributed by atoms with E-state index in [-0.39, 0.29) is 18.6 Å². The Morgan fingerprint density at radius 3 is 3.04 bits per heavy atom. The summed E-state index contributed by atoms with van der Waals surface area (Å²) < 4.78 is 1.61. The molecule has 2 amide bonds. The van der Waals surface area contributed by atoms with Crippen LogP contribution in [-0.4, -0.2) is 27.5 Å². The van der Waals surface area contributed by atoms with Gasteiger partial charge in [0.05, 0.1) is 18.8 Å². The SMILES string of the molecule is Cn1cc(C(C)(O)CNC(=O)NC2CCc3c(Cl)cccc32)cn1. The molecule has 0 saturated heterocycles. The molecule has 0 aliphatic heterocycles. The van der Waals surface area contributed by atoms with Crippen LogP contribution in [0.5, 0.6) is 0 Å². The molecule has 6 nitrogen and oxygen atoms in total. The van der Waals surface area contributed by atoms with Crippen molar-refractivity contribution in [3.63, 3.8) is 0 Å². The van der Waals surface area contributed by atoms with Gasteiger partial charge in [0.1, 0.15) is 5.60 Å². The lowest BCUT2D eigenvalue weighted by Gasteiger charge is -2.23. The zero-order chi connectivity index (χ0) is 17.3. The van der Waals surface area contributed by atoms with Gasteiger partial charge in [-0.15, -0.1) is 0 Å². The molecule has 3 rings (SSSR count). The molecule has 0 bridgehead atoms. The van der Waals surface area contributed by atoms with E-state index in [0.717, 1.165) is 29.0 Å². The average molecular weight is 349 g/mol. The lowest BCUT2D eigenvalue weighted by molar-refractivity contribution is 0.0592. The topological polar surface area (TPSA) is 79.2 Å². The molecule has 7 heteroatoms. The predicted molar refractivity (Wildman–Crippen MR) is 91.8 cm³/mol. The molecule has 0 fully saturated rings. The fraction of sp³-hybridized carbons (Fsp3) is 0.412. The fourth-order valence-corrected chi connectivity index (χ4v) is 3.30. The molecular formula is C17H21ClN4O2. The summed E-state index contributed by atoms with van der Waals surface area (Å²) in [6.45, 7) is 1.74. The molecule has 2 unspecified atom stereocenters. The quantitative estimate of drug-likeness (QED) is 0.793. The van der Waals surface area contributed by atoms with Crippen molar-refractivity contribution < 1.29 is 9.90 Å². The number of hydrogen-bond donors (Lipinski definition) is 3. The predicted octanol–water partition coefficient (Wildman–Crippen LogP) is 2.27. The molecule has 0 saturated carbocycles. The van der Waals surface area contributed by atoms with Gasteiger partial charge in [0.15, 0.2) is 0 Å². The number of nitrogens with one attached hydrogen (secondary N) is 2. The van der Waals surface area contributed by atoms with Crippen LogP contribution in [0, 0.1) is 0 Å². The highest BCUT2D eigenvalue weighted by molar-refractivity contribution is 6.31. The minimum atomic E-state index is -1.18. The Morgan fingerprint density at radius 2 is 2.33 bits per heavy atom. The summed E-state index contributed by atoms with van der Waals surface area (Å²) >= 11 is 6.19.